The van der Waals surface area contributed by atoms with E-state index in [-0.39, 0.29) is 21.6 Å². The number of aromatic nitrogens is 2. The topological polar surface area (TPSA) is 174 Å². The Morgan fingerprint density at radius 3 is 2.59 bits per heavy atom. The molecule has 2 unspecified atom stereocenters. The third kappa shape index (κ3) is 8.48. The second-order valence-corrected chi connectivity index (χ2v) is 13.7. The third-order valence-corrected chi connectivity index (χ3v) is 9.32. The molecule has 0 saturated carbocycles. The molecule has 0 radical (unpaired) electrons. The van der Waals surface area contributed by atoms with Crippen LogP contribution in [0.4, 0.5) is 14.6 Å². The molecule has 2 aliphatic heterocycles. The van der Waals surface area contributed by atoms with Crippen LogP contribution in [0, 0.1) is 0 Å². The molecule has 254 valence electrons. The van der Waals surface area contributed by atoms with E-state index in [1.54, 1.807) is 20.9 Å². The quantitative estimate of drug-likeness (QED) is 0.187. The van der Waals surface area contributed by atoms with E-state index in [1.165, 1.54) is 25.1 Å². The van der Waals surface area contributed by atoms with Crippen molar-refractivity contribution in [2.45, 2.75) is 76.2 Å². The number of nitrogens with one attached hydrogen (secondary N) is 2. The highest BCUT2D eigenvalue weighted by molar-refractivity contribution is 7.59. The van der Waals surface area contributed by atoms with Crippen LogP contribution < -0.4 is 20.6 Å². The molecule has 2 aliphatic rings. The summed E-state index contributed by atoms with van der Waals surface area (Å²) in [6.07, 6.45) is -4.74. The highest BCUT2D eigenvalue weighted by atomic mass is 35.5. The standard InChI is InChI=1S/C27H34Cl2F2N5O9P/c1-14(2)43-24(39)15(3)34-46(41,45-19-8-7-16(28)12-17(19)29)42-13-20-22(37)27(30,31)25(44-20)36-11-9-21(33-26(36)40)32-23(38)18-6-5-10-35(18)4/h7-9,11-12,14-15,18,20,22,25,34,37,41H,5-6,10,13H2,1-4H3/p+1/t15-,18-,20+,22+,25?,46?/m0/s1. The van der Waals surface area contributed by atoms with Gasteiger partial charge in [0.25, 0.3) is 0 Å². The number of carbonyl (C=O) groups is 2. The lowest BCUT2D eigenvalue weighted by Crippen LogP contribution is -2.43. The number of hydrogen-bond acceptors (Lipinski definition) is 12. The van der Waals surface area contributed by atoms with Crippen molar-refractivity contribution >= 4 is 49.0 Å². The predicted molar refractivity (Wildman–Crippen MR) is 164 cm³/mol. The molecule has 2 saturated heterocycles. The monoisotopic (exact) mass is 712 g/mol. The summed E-state index contributed by atoms with van der Waals surface area (Å²) >= 11 is 12.1. The van der Waals surface area contributed by atoms with Gasteiger partial charge in [0.1, 0.15) is 24.6 Å². The number of anilines is 1. The summed E-state index contributed by atoms with van der Waals surface area (Å²) in [6.45, 7) is 4.40. The zero-order valence-electron chi connectivity index (χ0n) is 25.2. The Balaban J connectivity index is 1.50. The minimum atomic E-state index is -4.38. The smallest absolute Gasteiger partial charge is 0.462 e. The summed E-state index contributed by atoms with van der Waals surface area (Å²) in [7, 11) is -2.60. The lowest BCUT2D eigenvalue weighted by Gasteiger charge is -2.23. The van der Waals surface area contributed by atoms with Crippen molar-refractivity contribution in [3.8, 4) is 5.75 Å². The van der Waals surface area contributed by atoms with E-state index in [1.807, 2.05) is 4.90 Å². The van der Waals surface area contributed by atoms with Crippen LogP contribution in [-0.2, 0) is 23.6 Å². The van der Waals surface area contributed by atoms with E-state index in [4.69, 9.17) is 41.7 Å². The van der Waals surface area contributed by atoms with Crippen LogP contribution in [-0.4, -0.2) is 92.8 Å². The average Bonchev–Trinajstić information content (AvgIpc) is 3.49. The minimum absolute atomic E-state index is 0.0424. The predicted octanol–water partition coefficient (Wildman–Crippen LogP) is 3.17. The van der Waals surface area contributed by atoms with Crippen molar-refractivity contribution in [2.24, 2.45) is 0 Å². The molecule has 19 heteroatoms. The summed E-state index contributed by atoms with van der Waals surface area (Å²) in [6, 6.07) is 3.54. The van der Waals surface area contributed by atoms with Gasteiger partial charge in [0, 0.05) is 11.2 Å². The molecule has 4 rings (SSSR count). The number of benzene rings is 1. The molecule has 1 aromatic carbocycles. The Morgan fingerprint density at radius 2 is 1.98 bits per heavy atom. The summed E-state index contributed by atoms with van der Waals surface area (Å²) in [5.74, 6) is -5.47. The minimum Gasteiger partial charge on any atom is -0.462 e. The maximum absolute atomic E-state index is 15.3. The van der Waals surface area contributed by atoms with Gasteiger partial charge in [0.2, 0.25) is 17.9 Å². The largest absolute Gasteiger partial charge is 0.544 e. The van der Waals surface area contributed by atoms with Crippen molar-refractivity contribution in [2.75, 3.05) is 25.5 Å². The van der Waals surface area contributed by atoms with Crippen LogP contribution in [0.2, 0.25) is 10.0 Å². The lowest BCUT2D eigenvalue weighted by molar-refractivity contribution is -0.149. The van der Waals surface area contributed by atoms with E-state index in [0.29, 0.717) is 11.0 Å². The summed E-state index contributed by atoms with van der Waals surface area (Å²) in [5, 5.41) is 15.7. The summed E-state index contributed by atoms with van der Waals surface area (Å²) in [4.78, 5) is 54.6. The SMILES string of the molecule is CC(C)OC(=O)[C@H](C)N[P+](O)(OC[C@H]1OC(n2ccc(NC(=O)[C@@H]3CCCN3C)nc2=O)C(F)(F)[C@@H]1O)Oc1ccc(Cl)cc1Cl. The molecule has 14 nitrogen and oxygen atoms in total. The number of halogens is 4. The van der Waals surface area contributed by atoms with Gasteiger partial charge in [0.05, 0.1) is 17.2 Å². The molecule has 2 fully saturated rings. The van der Waals surface area contributed by atoms with Crippen LogP contribution in [0.5, 0.6) is 5.75 Å². The van der Waals surface area contributed by atoms with Crippen molar-refractivity contribution in [1.82, 2.24) is 19.5 Å². The van der Waals surface area contributed by atoms with Crippen LogP contribution in [0.3, 0.4) is 0 Å². The molecular formula is C27H35Cl2F2N5O9P+. The first-order valence-corrected chi connectivity index (χ1v) is 16.5. The van der Waals surface area contributed by atoms with E-state index in [9.17, 15) is 24.4 Å². The number of amides is 1. The highest BCUT2D eigenvalue weighted by Crippen LogP contribution is 2.55. The fourth-order valence-electron chi connectivity index (χ4n) is 4.80. The second-order valence-electron chi connectivity index (χ2n) is 11.1. The zero-order chi connectivity index (χ0) is 34.0. The molecule has 1 amide bonds. The second kappa shape index (κ2) is 14.7. The maximum Gasteiger partial charge on any atom is 0.544 e. The van der Waals surface area contributed by atoms with E-state index in [0.717, 1.165) is 25.2 Å². The first-order valence-electron chi connectivity index (χ1n) is 14.2. The number of aliphatic hydroxyl groups is 1. The third-order valence-electron chi connectivity index (χ3n) is 7.13. The van der Waals surface area contributed by atoms with Crippen molar-refractivity contribution in [3.05, 3.63) is 51.0 Å². The number of aliphatic hydroxyl groups excluding tert-OH is 1. The van der Waals surface area contributed by atoms with Gasteiger partial charge in [-0.2, -0.15) is 23.2 Å². The van der Waals surface area contributed by atoms with Gasteiger partial charge >= 0.3 is 25.7 Å². The van der Waals surface area contributed by atoms with Crippen LogP contribution >= 0.6 is 31.3 Å². The van der Waals surface area contributed by atoms with E-state index >= 15 is 8.78 Å². The number of rotatable bonds is 12. The lowest BCUT2D eigenvalue weighted by atomic mass is 10.1. The van der Waals surface area contributed by atoms with Gasteiger partial charge in [-0.25, -0.2) is 4.79 Å². The molecular weight excluding hydrogens is 678 g/mol. The Kier molecular flexibility index (Phi) is 11.6. The molecule has 46 heavy (non-hydrogen) atoms. The normalized spacial score (nSPS) is 24.8. The number of likely N-dealkylation sites (tertiary alicyclic amines) is 1. The molecule has 6 atom stereocenters. The number of hydrogen-bond donors (Lipinski definition) is 4. The molecule has 0 bridgehead atoms. The van der Waals surface area contributed by atoms with Gasteiger partial charge in [-0.1, -0.05) is 28.3 Å². The first kappa shape index (κ1) is 36.3. The van der Waals surface area contributed by atoms with Gasteiger partial charge in [-0.3, -0.25) is 23.6 Å². The Labute approximate surface area is 273 Å². The van der Waals surface area contributed by atoms with Crippen molar-refractivity contribution < 1.29 is 46.9 Å². The number of ether oxygens (including phenoxy) is 2. The van der Waals surface area contributed by atoms with Gasteiger partial charge < -0.3 is 19.9 Å². The Hall–Kier alpha value is -2.53. The summed E-state index contributed by atoms with van der Waals surface area (Å²) in [5.41, 5.74) is -1.18. The zero-order valence-corrected chi connectivity index (χ0v) is 27.6. The van der Waals surface area contributed by atoms with Crippen molar-refractivity contribution in [3.63, 3.8) is 0 Å². The number of carbonyl (C=O) groups excluding carboxylic acids is 2. The molecule has 0 spiro atoms. The number of likely N-dealkylation sites (N-methyl/N-ethyl adjacent to an activating group) is 1. The fraction of sp³-hybridized carbons (Fsp3) is 0.556. The number of esters is 1. The molecule has 2 aromatic rings. The molecule has 1 aromatic heterocycles. The average molecular weight is 713 g/mol. The maximum atomic E-state index is 15.3. The van der Waals surface area contributed by atoms with Crippen molar-refractivity contribution in [1.29, 1.82) is 0 Å². The molecule has 0 aliphatic carbocycles. The highest BCUT2D eigenvalue weighted by Gasteiger charge is 2.61. The van der Waals surface area contributed by atoms with Crippen LogP contribution in [0.15, 0.2) is 35.3 Å². The van der Waals surface area contributed by atoms with Crippen LogP contribution in [0.1, 0.15) is 39.8 Å². The summed E-state index contributed by atoms with van der Waals surface area (Å²) < 4.78 is 52.6. The number of alkyl halides is 2. The van der Waals surface area contributed by atoms with Gasteiger partial charge in [-0.05, 0) is 71.5 Å². The van der Waals surface area contributed by atoms with E-state index < -0.39 is 74.8 Å². The van der Waals surface area contributed by atoms with E-state index in [2.05, 4.69) is 15.4 Å². The Morgan fingerprint density at radius 1 is 1.26 bits per heavy atom. The molecule has 3 heterocycles. The van der Waals surface area contributed by atoms with Gasteiger partial charge in [-0.15, -0.1) is 0 Å². The van der Waals surface area contributed by atoms with Crippen LogP contribution in [0.25, 0.3) is 0 Å². The molecule has 4 N–H and O–H groups in total. The Bertz CT molecular complexity index is 1490. The number of nitrogens with zero attached hydrogens (tertiary/aromatic N) is 3. The first-order chi connectivity index (χ1) is 21.5. The van der Waals surface area contributed by atoms with Gasteiger partial charge in [0.15, 0.2) is 6.10 Å². The fourth-order valence-corrected chi connectivity index (χ4v) is 6.85.